The lowest BCUT2D eigenvalue weighted by Crippen LogP contribution is -2.48. The molecule has 0 aromatic heterocycles. The minimum atomic E-state index is 0. The molecular formula is C17H33ClN2O. The van der Waals surface area contributed by atoms with Crippen LogP contribution in [0.1, 0.15) is 71.1 Å². The Bertz CT molecular complexity index is 285. The number of hydrogen-bond acceptors (Lipinski definition) is 2. The SMILES string of the molecule is CCCN(C(=O)C1CCCCCCC1)C1CCNCC1.Cl. The van der Waals surface area contributed by atoms with Crippen molar-refractivity contribution in [2.24, 2.45) is 5.92 Å². The topological polar surface area (TPSA) is 32.3 Å². The Morgan fingerprint density at radius 1 is 1.00 bits per heavy atom. The fourth-order valence-electron chi connectivity index (χ4n) is 3.77. The van der Waals surface area contributed by atoms with E-state index >= 15 is 0 Å². The van der Waals surface area contributed by atoms with Crippen LogP contribution in [-0.2, 0) is 4.79 Å². The molecule has 0 unspecified atom stereocenters. The van der Waals surface area contributed by atoms with Crippen molar-refractivity contribution in [2.75, 3.05) is 19.6 Å². The highest BCUT2D eigenvalue weighted by molar-refractivity contribution is 5.85. The number of amides is 1. The highest BCUT2D eigenvalue weighted by atomic mass is 35.5. The van der Waals surface area contributed by atoms with Crippen LogP contribution in [0.2, 0.25) is 0 Å². The third-order valence-corrected chi connectivity index (χ3v) is 4.95. The van der Waals surface area contributed by atoms with Crippen molar-refractivity contribution in [3.05, 3.63) is 0 Å². The lowest BCUT2D eigenvalue weighted by Gasteiger charge is -2.37. The van der Waals surface area contributed by atoms with Gasteiger partial charge in [0, 0.05) is 18.5 Å². The zero-order valence-corrected chi connectivity index (χ0v) is 14.4. The molecule has 1 saturated heterocycles. The van der Waals surface area contributed by atoms with Crippen LogP contribution in [0, 0.1) is 5.92 Å². The summed E-state index contributed by atoms with van der Waals surface area (Å²) in [7, 11) is 0. The summed E-state index contributed by atoms with van der Waals surface area (Å²) in [6.07, 6.45) is 12.1. The fourth-order valence-corrected chi connectivity index (χ4v) is 3.77. The molecule has 1 heterocycles. The second-order valence-corrected chi connectivity index (χ2v) is 6.55. The summed E-state index contributed by atoms with van der Waals surface area (Å²) in [6, 6.07) is 0.495. The van der Waals surface area contributed by atoms with Gasteiger partial charge < -0.3 is 10.2 Å². The number of rotatable bonds is 4. The van der Waals surface area contributed by atoms with E-state index in [0.29, 0.717) is 17.9 Å². The van der Waals surface area contributed by atoms with Gasteiger partial charge in [0.2, 0.25) is 5.91 Å². The number of halogens is 1. The summed E-state index contributed by atoms with van der Waals surface area (Å²) < 4.78 is 0. The van der Waals surface area contributed by atoms with Crippen molar-refractivity contribution in [1.82, 2.24) is 10.2 Å². The van der Waals surface area contributed by atoms with Crippen LogP contribution in [0.15, 0.2) is 0 Å². The molecule has 1 N–H and O–H groups in total. The molecule has 2 aliphatic rings. The summed E-state index contributed by atoms with van der Waals surface area (Å²) in [5.41, 5.74) is 0. The molecule has 1 aliphatic carbocycles. The molecule has 124 valence electrons. The van der Waals surface area contributed by atoms with Gasteiger partial charge in [-0.3, -0.25) is 4.79 Å². The van der Waals surface area contributed by atoms with Gasteiger partial charge in [-0.1, -0.05) is 39.0 Å². The van der Waals surface area contributed by atoms with Crippen molar-refractivity contribution in [1.29, 1.82) is 0 Å². The molecular weight excluding hydrogens is 284 g/mol. The molecule has 0 aromatic rings. The third-order valence-electron chi connectivity index (χ3n) is 4.95. The summed E-state index contributed by atoms with van der Waals surface area (Å²) in [5, 5.41) is 3.41. The number of nitrogens with zero attached hydrogens (tertiary/aromatic N) is 1. The number of carbonyl (C=O) groups excluding carboxylic acids is 1. The Morgan fingerprint density at radius 3 is 2.14 bits per heavy atom. The van der Waals surface area contributed by atoms with Gasteiger partial charge >= 0.3 is 0 Å². The van der Waals surface area contributed by atoms with Gasteiger partial charge in [-0.05, 0) is 45.2 Å². The van der Waals surface area contributed by atoms with Crippen LogP contribution in [0.25, 0.3) is 0 Å². The van der Waals surface area contributed by atoms with Crippen LogP contribution >= 0.6 is 12.4 Å². The van der Waals surface area contributed by atoms with E-state index in [9.17, 15) is 4.79 Å². The molecule has 0 aromatic carbocycles. The maximum atomic E-state index is 13.0. The smallest absolute Gasteiger partial charge is 0.225 e. The van der Waals surface area contributed by atoms with Crippen LogP contribution in [0.5, 0.6) is 0 Å². The Hall–Kier alpha value is -0.280. The predicted octanol–water partition coefficient (Wildman–Crippen LogP) is 3.76. The van der Waals surface area contributed by atoms with Gasteiger partial charge in [-0.25, -0.2) is 0 Å². The second-order valence-electron chi connectivity index (χ2n) is 6.55. The van der Waals surface area contributed by atoms with Gasteiger partial charge in [0.25, 0.3) is 0 Å². The molecule has 2 rings (SSSR count). The van der Waals surface area contributed by atoms with Crippen LogP contribution < -0.4 is 5.32 Å². The van der Waals surface area contributed by atoms with E-state index in [1.54, 1.807) is 0 Å². The maximum absolute atomic E-state index is 13.0. The number of piperidine rings is 1. The first-order valence-corrected chi connectivity index (χ1v) is 8.84. The quantitative estimate of drug-likeness (QED) is 0.856. The Morgan fingerprint density at radius 2 is 1.57 bits per heavy atom. The number of hydrogen-bond donors (Lipinski definition) is 1. The molecule has 2 fully saturated rings. The summed E-state index contributed by atoms with van der Waals surface area (Å²) in [5.74, 6) is 0.789. The van der Waals surface area contributed by atoms with Crippen LogP contribution in [0.3, 0.4) is 0 Å². The second kappa shape index (κ2) is 10.4. The highest BCUT2D eigenvalue weighted by Gasteiger charge is 2.29. The fraction of sp³-hybridized carbons (Fsp3) is 0.941. The summed E-state index contributed by atoms with van der Waals surface area (Å²) >= 11 is 0. The van der Waals surface area contributed by atoms with Crippen molar-refractivity contribution >= 4 is 18.3 Å². The van der Waals surface area contributed by atoms with Crippen LogP contribution in [-0.4, -0.2) is 36.5 Å². The van der Waals surface area contributed by atoms with E-state index in [-0.39, 0.29) is 12.4 Å². The monoisotopic (exact) mass is 316 g/mol. The lowest BCUT2D eigenvalue weighted by molar-refractivity contribution is -0.139. The van der Waals surface area contributed by atoms with Crippen molar-refractivity contribution < 1.29 is 4.79 Å². The van der Waals surface area contributed by atoms with E-state index < -0.39 is 0 Å². The largest absolute Gasteiger partial charge is 0.339 e. The summed E-state index contributed by atoms with van der Waals surface area (Å²) in [4.78, 5) is 15.2. The molecule has 0 radical (unpaired) electrons. The zero-order valence-electron chi connectivity index (χ0n) is 13.6. The van der Waals surface area contributed by atoms with E-state index in [1.807, 2.05) is 0 Å². The predicted molar refractivity (Wildman–Crippen MR) is 91.0 cm³/mol. The number of nitrogens with one attached hydrogen (secondary N) is 1. The van der Waals surface area contributed by atoms with Crippen LogP contribution in [0.4, 0.5) is 0 Å². The molecule has 0 spiro atoms. The van der Waals surface area contributed by atoms with Gasteiger partial charge in [-0.15, -0.1) is 12.4 Å². The Labute approximate surface area is 136 Å². The minimum Gasteiger partial charge on any atom is -0.339 e. The number of carbonyl (C=O) groups is 1. The van der Waals surface area contributed by atoms with Gasteiger partial charge in [0.15, 0.2) is 0 Å². The van der Waals surface area contributed by atoms with E-state index in [4.69, 9.17) is 0 Å². The summed E-state index contributed by atoms with van der Waals surface area (Å²) in [6.45, 7) is 5.30. The lowest BCUT2D eigenvalue weighted by atomic mass is 9.89. The standard InChI is InChI=1S/C17H32N2O.ClH/c1-2-14-19(16-10-12-18-13-11-16)17(20)15-8-6-4-3-5-7-9-15;/h15-16,18H,2-14H2,1H3;1H. The Kier molecular flexibility index (Phi) is 9.34. The molecule has 0 atom stereocenters. The van der Waals surface area contributed by atoms with Gasteiger partial charge in [0.1, 0.15) is 0 Å². The Balaban J connectivity index is 0.00000220. The van der Waals surface area contributed by atoms with Crippen molar-refractivity contribution in [3.63, 3.8) is 0 Å². The van der Waals surface area contributed by atoms with Gasteiger partial charge in [-0.2, -0.15) is 0 Å². The van der Waals surface area contributed by atoms with Crippen molar-refractivity contribution in [3.8, 4) is 0 Å². The molecule has 1 amide bonds. The molecule has 21 heavy (non-hydrogen) atoms. The zero-order chi connectivity index (χ0) is 14.2. The molecule has 0 bridgehead atoms. The minimum absolute atomic E-state index is 0. The first-order valence-electron chi connectivity index (χ1n) is 8.84. The van der Waals surface area contributed by atoms with E-state index in [0.717, 1.165) is 51.7 Å². The first kappa shape index (κ1) is 18.8. The average Bonchev–Trinajstić information content (AvgIpc) is 2.45. The maximum Gasteiger partial charge on any atom is 0.225 e. The van der Waals surface area contributed by atoms with E-state index in [1.165, 1.54) is 32.1 Å². The molecule has 1 aliphatic heterocycles. The average molecular weight is 317 g/mol. The first-order chi connectivity index (χ1) is 9.83. The third kappa shape index (κ3) is 5.78. The van der Waals surface area contributed by atoms with Gasteiger partial charge in [0.05, 0.1) is 0 Å². The highest BCUT2D eigenvalue weighted by Crippen LogP contribution is 2.26. The van der Waals surface area contributed by atoms with E-state index in [2.05, 4.69) is 17.1 Å². The molecule has 3 nitrogen and oxygen atoms in total. The molecule has 1 saturated carbocycles. The normalized spacial score (nSPS) is 22.0. The molecule has 4 heteroatoms. The van der Waals surface area contributed by atoms with Crippen molar-refractivity contribution in [2.45, 2.75) is 77.2 Å².